The Morgan fingerprint density at radius 2 is 1.77 bits per heavy atom. The topological polar surface area (TPSA) is 53.0 Å². The molecule has 1 aliphatic carbocycles. The fourth-order valence-electron chi connectivity index (χ4n) is 3.98. The molecule has 0 radical (unpaired) electrons. The van der Waals surface area contributed by atoms with Gasteiger partial charge in [0.1, 0.15) is 0 Å². The van der Waals surface area contributed by atoms with Gasteiger partial charge in [0.15, 0.2) is 0 Å². The zero-order valence-corrected chi connectivity index (χ0v) is 14.4. The lowest BCUT2D eigenvalue weighted by Crippen LogP contribution is -2.59. The van der Waals surface area contributed by atoms with Gasteiger partial charge in [0.2, 0.25) is 5.91 Å². The molecule has 2 rings (SSSR count). The Kier molecular flexibility index (Phi) is 6.24. The smallest absolute Gasteiger partial charge is 0.225 e. The van der Waals surface area contributed by atoms with Crippen LogP contribution in [0, 0.1) is 0 Å². The summed E-state index contributed by atoms with van der Waals surface area (Å²) in [6, 6.07) is 0.674. The first kappa shape index (κ1) is 17.7. The summed E-state index contributed by atoms with van der Waals surface area (Å²) in [5, 5.41) is 10.6. The third kappa shape index (κ3) is 4.43. The highest BCUT2D eigenvalue weighted by Gasteiger charge is 2.36. The maximum absolute atomic E-state index is 12.6. The third-order valence-electron chi connectivity index (χ3n) is 5.27. The van der Waals surface area contributed by atoms with Crippen molar-refractivity contribution in [3.05, 3.63) is 0 Å². The Labute approximate surface area is 134 Å². The van der Waals surface area contributed by atoms with Crippen molar-refractivity contribution in [1.29, 1.82) is 0 Å². The molecular weight excluding hydrogens is 280 g/mol. The van der Waals surface area contributed by atoms with Crippen LogP contribution in [0.5, 0.6) is 0 Å². The lowest BCUT2D eigenvalue weighted by molar-refractivity contribution is -0.142. The molecule has 2 atom stereocenters. The standard InChI is InChI=1S/C17H32N2O3/c1-14-12-18(13-15(2)19(14)9-10-22-3)16(20)11-17(21)7-5-4-6-8-17/h14-15,21H,4-13H2,1-3H3/t14-,15+. The number of nitrogens with zero attached hydrogens (tertiary/aromatic N) is 2. The number of methoxy groups -OCH3 is 1. The van der Waals surface area contributed by atoms with E-state index in [4.69, 9.17) is 4.74 Å². The summed E-state index contributed by atoms with van der Waals surface area (Å²) in [4.78, 5) is 17.0. The predicted octanol–water partition coefficient (Wildman–Crippen LogP) is 1.64. The van der Waals surface area contributed by atoms with Gasteiger partial charge in [-0.2, -0.15) is 0 Å². The number of carbonyl (C=O) groups excluding carboxylic acids is 1. The Morgan fingerprint density at radius 3 is 2.32 bits per heavy atom. The molecule has 2 aliphatic rings. The Bertz CT molecular complexity index is 357. The first-order valence-electron chi connectivity index (χ1n) is 8.70. The minimum absolute atomic E-state index is 0.120. The zero-order chi connectivity index (χ0) is 16.2. The van der Waals surface area contributed by atoms with Gasteiger partial charge in [-0.05, 0) is 26.7 Å². The van der Waals surface area contributed by atoms with Crippen LogP contribution in [0.1, 0.15) is 52.4 Å². The normalized spacial score (nSPS) is 29.5. The average Bonchev–Trinajstić information content (AvgIpc) is 2.46. The van der Waals surface area contributed by atoms with Crippen molar-refractivity contribution in [3.63, 3.8) is 0 Å². The van der Waals surface area contributed by atoms with Crippen LogP contribution in [0.2, 0.25) is 0 Å². The van der Waals surface area contributed by atoms with Crippen molar-refractivity contribution in [3.8, 4) is 0 Å². The minimum Gasteiger partial charge on any atom is -0.389 e. The molecule has 1 saturated carbocycles. The van der Waals surface area contributed by atoms with Crippen LogP contribution < -0.4 is 0 Å². The minimum atomic E-state index is -0.755. The highest BCUT2D eigenvalue weighted by molar-refractivity contribution is 5.77. The largest absolute Gasteiger partial charge is 0.389 e. The zero-order valence-electron chi connectivity index (χ0n) is 14.4. The van der Waals surface area contributed by atoms with Crippen LogP contribution in [-0.4, -0.2) is 71.8 Å². The van der Waals surface area contributed by atoms with E-state index in [-0.39, 0.29) is 5.91 Å². The van der Waals surface area contributed by atoms with E-state index < -0.39 is 5.60 Å². The fourth-order valence-corrected chi connectivity index (χ4v) is 3.98. The second kappa shape index (κ2) is 7.75. The van der Waals surface area contributed by atoms with Gasteiger partial charge in [0.05, 0.1) is 18.6 Å². The highest BCUT2D eigenvalue weighted by atomic mass is 16.5. The molecule has 0 bridgehead atoms. The maximum Gasteiger partial charge on any atom is 0.225 e. The molecular formula is C17H32N2O3. The van der Waals surface area contributed by atoms with Crippen molar-refractivity contribution >= 4 is 5.91 Å². The van der Waals surface area contributed by atoms with E-state index in [9.17, 15) is 9.90 Å². The van der Waals surface area contributed by atoms with E-state index in [1.54, 1.807) is 7.11 Å². The van der Waals surface area contributed by atoms with Gasteiger partial charge in [-0.1, -0.05) is 19.3 Å². The molecule has 0 unspecified atom stereocenters. The number of carbonyl (C=O) groups is 1. The van der Waals surface area contributed by atoms with Gasteiger partial charge in [0.25, 0.3) is 0 Å². The average molecular weight is 312 g/mol. The number of hydrogen-bond acceptors (Lipinski definition) is 4. The van der Waals surface area contributed by atoms with Crippen molar-refractivity contribution in [2.24, 2.45) is 0 Å². The van der Waals surface area contributed by atoms with Crippen LogP contribution in [0.25, 0.3) is 0 Å². The number of piperazine rings is 1. The summed E-state index contributed by atoms with van der Waals surface area (Å²) in [7, 11) is 1.72. The molecule has 1 saturated heterocycles. The maximum atomic E-state index is 12.6. The summed E-state index contributed by atoms with van der Waals surface area (Å²) in [5.41, 5.74) is -0.755. The molecule has 5 nitrogen and oxygen atoms in total. The summed E-state index contributed by atoms with van der Waals surface area (Å²) >= 11 is 0. The third-order valence-corrected chi connectivity index (χ3v) is 5.27. The van der Waals surface area contributed by atoms with Gasteiger partial charge in [-0.25, -0.2) is 0 Å². The second-order valence-electron chi connectivity index (χ2n) is 7.19. The Hall–Kier alpha value is -0.650. The molecule has 0 spiro atoms. The summed E-state index contributed by atoms with van der Waals surface area (Å²) < 4.78 is 5.17. The lowest BCUT2D eigenvalue weighted by atomic mass is 9.82. The van der Waals surface area contributed by atoms with E-state index in [0.29, 0.717) is 18.5 Å². The van der Waals surface area contributed by atoms with Gasteiger partial charge >= 0.3 is 0 Å². The van der Waals surface area contributed by atoms with Gasteiger partial charge in [-0.15, -0.1) is 0 Å². The number of hydrogen-bond donors (Lipinski definition) is 1. The molecule has 0 aromatic rings. The van der Waals surface area contributed by atoms with E-state index in [2.05, 4.69) is 18.7 Å². The molecule has 128 valence electrons. The van der Waals surface area contributed by atoms with E-state index in [0.717, 1.165) is 51.9 Å². The predicted molar refractivity (Wildman–Crippen MR) is 86.7 cm³/mol. The summed E-state index contributed by atoms with van der Waals surface area (Å²) in [5.74, 6) is 0.120. The second-order valence-corrected chi connectivity index (χ2v) is 7.19. The molecule has 1 amide bonds. The van der Waals surface area contributed by atoms with Gasteiger partial charge in [-0.3, -0.25) is 9.69 Å². The van der Waals surface area contributed by atoms with Crippen molar-refractivity contribution in [2.45, 2.75) is 70.1 Å². The van der Waals surface area contributed by atoms with E-state index in [1.165, 1.54) is 6.42 Å². The van der Waals surface area contributed by atoms with Crippen LogP contribution in [0.15, 0.2) is 0 Å². The number of rotatable bonds is 5. The van der Waals surface area contributed by atoms with E-state index >= 15 is 0 Å². The van der Waals surface area contributed by atoms with Crippen LogP contribution >= 0.6 is 0 Å². The molecule has 2 fully saturated rings. The molecule has 22 heavy (non-hydrogen) atoms. The molecule has 5 heteroatoms. The van der Waals surface area contributed by atoms with E-state index in [1.807, 2.05) is 4.90 Å². The molecule has 0 aromatic carbocycles. The Morgan fingerprint density at radius 1 is 1.18 bits per heavy atom. The lowest BCUT2D eigenvalue weighted by Gasteiger charge is -2.45. The molecule has 1 aliphatic heterocycles. The molecule has 1 heterocycles. The SMILES string of the molecule is COCCN1[C@H](C)CN(C(=O)CC2(O)CCCCC2)C[C@@H]1C. The van der Waals surface area contributed by atoms with Crippen LogP contribution in [-0.2, 0) is 9.53 Å². The van der Waals surface area contributed by atoms with Crippen LogP contribution in [0.4, 0.5) is 0 Å². The number of ether oxygens (including phenoxy) is 1. The van der Waals surface area contributed by atoms with Gasteiger partial charge < -0.3 is 14.7 Å². The molecule has 0 aromatic heterocycles. The van der Waals surface area contributed by atoms with Gasteiger partial charge in [0, 0.05) is 38.8 Å². The number of aliphatic hydroxyl groups is 1. The highest BCUT2D eigenvalue weighted by Crippen LogP contribution is 2.31. The Balaban J connectivity index is 1.89. The van der Waals surface area contributed by atoms with Crippen molar-refractivity contribution in [1.82, 2.24) is 9.80 Å². The van der Waals surface area contributed by atoms with Crippen molar-refractivity contribution < 1.29 is 14.6 Å². The first-order chi connectivity index (χ1) is 10.4. The monoisotopic (exact) mass is 312 g/mol. The summed E-state index contributed by atoms with van der Waals surface area (Å²) in [6.45, 7) is 7.47. The van der Waals surface area contributed by atoms with Crippen LogP contribution in [0.3, 0.4) is 0 Å². The van der Waals surface area contributed by atoms with Crippen molar-refractivity contribution in [2.75, 3.05) is 33.4 Å². The quantitative estimate of drug-likeness (QED) is 0.838. The summed E-state index contributed by atoms with van der Waals surface area (Å²) in [6.07, 6.45) is 5.12. The number of amides is 1. The first-order valence-corrected chi connectivity index (χ1v) is 8.70. The molecule has 1 N–H and O–H groups in total. The fraction of sp³-hybridized carbons (Fsp3) is 0.941.